The van der Waals surface area contributed by atoms with E-state index < -0.39 is 0 Å². The van der Waals surface area contributed by atoms with Gasteiger partial charge in [0, 0.05) is 19.8 Å². The lowest BCUT2D eigenvalue weighted by atomic mass is 10.3. The molecule has 0 saturated heterocycles. The largest absolute Gasteiger partial charge is 0.468 e. The molecule has 0 aliphatic rings. The number of rotatable bonds is 4. The summed E-state index contributed by atoms with van der Waals surface area (Å²) in [6, 6.07) is 7.82. The second kappa shape index (κ2) is 4.69. The highest BCUT2D eigenvalue weighted by Crippen LogP contribution is 2.06. The quantitative estimate of drug-likeness (QED) is 0.845. The van der Waals surface area contributed by atoms with Gasteiger partial charge < -0.3 is 14.3 Å². The highest BCUT2D eigenvalue weighted by Gasteiger charge is 2.02. The third-order valence-corrected chi connectivity index (χ3v) is 2.38. The van der Waals surface area contributed by atoms with E-state index in [4.69, 9.17) is 9.68 Å². The first kappa shape index (κ1) is 10.5. The zero-order chi connectivity index (χ0) is 11.4. The Kier molecular flexibility index (Phi) is 3.08. The van der Waals surface area contributed by atoms with Crippen LogP contribution in [0.1, 0.15) is 17.0 Å². The third-order valence-electron chi connectivity index (χ3n) is 2.38. The minimum atomic E-state index is 0.676. The fourth-order valence-electron chi connectivity index (χ4n) is 1.58. The van der Waals surface area contributed by atoms with Gasteiger partial charge in [0.2, 0.25) is 0 Å². The van der Waals surface area contributed by atoms with Crippen LogP contribution < -0.4 is 5.32 Å². The third kappa shape index (κ3) is 2.33. The lowest BCUT2D eigenvalue weighted by molar-refractivity contribution is 0.483. The second-order valence-electron chi connectivity index (χ2n) is 3.64. The molecule has 2 aromatic heterocycles. The van der Waals surface area contributed by atoms with Crippen LogP contribution in [0.15, 0.2) is 35.1 Å². The maximum absolute atomic E-state index is 8.80. The van der Waals surface area contributed by atoms with Crippen molar-refractivity contribution in [1.29, 1.82) is 5.26 Å². The number of aromatic nitrogens is 1. The molecular formula is C12H13N3O. The average molecular weight is 215 g/mol. The van der Waals surface area contributed by atoms with Crippen LogP contribution in [0.25, 0.3) is 0 Å². The zero-order valence-corrected chi connectivity index (χ0v) is 9.10. The molecule has 4 heteroatoms. The molecule has 0 atom stereocenters. The standard InChI is InChI=1S/C12H13N3O/c1-15-9-10(5-11(15)6-13)7-14-8-12-3-2-4-16-12/h2-5,9,14H,7-8H2,1H3. The van der Waals surface area contributed by atoms with Gasteiger partial charge in [0.25, 0.3) is 0 Å². The first-order valence-electron chi connectivity index (χ1n) is 5.08. The van der Waals surface area contributed by atoms with E-state index >= 15 is 0 Å². The van der Waals surface area contributed by atoms with Gasteiger partial charge in [0.15, 0.2) is 0 Å². The number of aryl methyl sites for hydroxylation is 1. The second-order valence-corrected chi connectivity index (χ2v) is 3.64. The lowest BCUT2D eigenvalue weighted by Crippen LogP contribution is -2.11. The number of nitriles is 1. The summed E-state index contributed by atoms with van der Waals surface area (Å²) < 4.78 is 7.02. The van der Waals surface area contributed by atoms with Crippen molar-refractivity contribution in [2.45, 2.75) is 13.1 Å². The smallest absolute Gasteiger partial charge is 0.120 e. The molecular weight excluding hydrogens is 202 g/mol. The lowest BCUT2D eigenvalue weighted by Gasteiger charge is -1.99. The van der Waals surface area contributed by atoms with Gasteiger partial charge >= 0.3 is 0 Å². The van der Waals surface area contributed by atoms with E-state index in [-0.39, 0.29) is 0 Å². The average Bonchev–Trinajstić information content (AvgIpc) is 2.88. The molecule has 0 aromatic carbocycles. The summed E-state index contributed by atoms with van der Waals surface area (Å²) in [5.74, 6) is 0.913. The van der Waals surface area contributed by atoms with Crippen molar-refractivity contribution < 1.29 is 4.42 Å². The van der Waals surface area contributed by atoms with Crippen molar-refractivity contribution in [2.24, 2.45) is 7.05 Å². The molecule has 1 N–H and O–H groups in total. The van der Waals surface area contributed by atoms with Crippen molar-refractivity contribution in [3.05, 3.63) is 47.7 Å². The van der Waals surface area contributed by atoms with Crippen LogP contribution in [0.3, 0.4) is 0 Å². The summed E-state index contributed by atoms with van der Waals surface area (Å²) in [7, 11) is 1.87. The van der Waals surface area contributed by atoms with Crippen LogP contribution in [0, 0.1) is 11.3 Å². The van der Waals surface area contributed by atoms with E-state index in [0.29, 0.717) is 12.2 Å². The van der Waals surface area contributed by atoms with Gasteiger partial charge in [-0.2, -0.15) is 5.26 Å². The Hall–Kier alpha value is -1.99. The molecule has 0 radical (unpaired) electrons. The first-order chi connectivity index (χ1) is 7.79. The van der Waals surface area contributed by atoms with Crippen LogP contribution in [-0.4, -0.2) is 4.57 Å². The number of hydrogen-bond acceptors (Lipinski definition) is 3. The predicted octanol–water partition coefficient (Wildman–Crippen LogP) is 1.78. The van der Waals surface area contributed by atoms with E-state index in [1.54, 1.807) is 6.26 Å². The van der Waals surface area contributed by atoms with E-state index in [1.165, 1.54) is 0 Å². The molecule has 0 unspecified atom stereocenters. The number of nitrogens with zero attached hydrogens (tertiary/aromatic N) is 2. The minimum absolute atomic E-state index is 0.676. The molecule has 0 spiro atoms. The molecule has 2 rings (SSSR count). The van der Waals surface area contributed by atoms with Crippen molar-refractivity contribution in [1.82, 2.24) is 9.88 Å². The molecule has 16 heavy (non-hydrogen) atoms. The van der Waals surface area contributed by atoms with Crippen molar-refractivity contribution >= 4 is 0 Å². The molecule has 0 fully saturated rings. The van der Waals surface area contributed by atoms with Gasteiger partial charge in [-0.3, -0.25) is 0 Å². The highest BCUT2D eigenvalue weighted by atomic mass is 16.3. The summed E-state index contributed by atoms with van der Waals surface area (Å²) >= 11 is 0. The fourth-order valence-corrected chi connectivity index (χ4v) is 1.58. The zero-order valence-electron chi connectivity index (χ0n) is 9.10. The molecule has 2 heterocycles. The number of hydrogen-bond donors (Lipinski definition) is 1. The topological polar surface area (TPSA) is 53.9 Å². The fraction of sp³-hybridized carbons (Fsp3) is 0.250. The maximum atomic E-state index is 8.80. The predicted molar refractivity (Wildman–Crippen MR) is 59.4 cm³/mol. The van der Waals surface area contributed by atoms with Crippen LogP contribution in [-0.2, 0) is 20.1 Å². The first-order valence-corrected chi connectivity index (χ1v) is 5.08. The van der Waals surface area contributed by atoms with E-state index in [9.17, 15) is 0 Å². The summed E-state index contributed by atoms with van der Waals surface area (Å²) in [6.45, 7) is 1.43. The van der Waals surface area contributed by atoms with Crippen LogP contribution >= 0.6 is 0 Å². The van der Waals surface area contributed by atoms with Gasteiger partial charge in [-0.05, 0) is 23.8 Å². The Labute approximate surface area is 94.1 Å². The minimum Gasteiger partial charge on any atom is -0.468 e. The Morgan fingerprint density at radius 2 is 2.38 bits per heavy atom. The maximum Gasteiger partial charge on any atom is 0.120 e. The molecule has 4 nitrogen and oxygen atoms in total. The van der Waals surface area contributed by atoms with Gasteiger partial charge in [0.05, 0.1) is 12.8 Å². The van der Waals surface area contributed by atoms with Gasteiger partial charge in [0.1, 0.15) is 17.5 Å². The van der Waals surface area contributed by atoms with Crippen LogP contribution in [0.4, 0.5) is 0 Å². The van der Waals surface area contributed by atoms with Crippen molar-refractivity contribution in [3.63, 3.8) is 0 Å². The molecule has 0 saturated carbocycles. The molecule has 0 bridgehead atoms. The number of furan rings is 1. The van der Waals surface area contributed by atoms with E-state index in [2.05, 4.69) is 11.4 Å². The monoisotopic (exact) mass is 215 g/mol. The SMILES string of the molecule is Cn1cc(CNCc2ccco2)cc1C#N. The van der Waals surface area contributed by atoms with Gasteiger partial charge in [-0.1, -0.05) is 0 Å². The Bertz CT molecular complexity index is 491. The van der Waals surface area contributed by atoms with Crippen molar-refractivity contribution in [3.8, 4) is 6.07 Å². The van der Waals surface area contributed by atoms with Crippen LogP contribution in [0.5, 0.6) is 0 Å². The summed E-state index contributed by atoms with van der Waals surface area (Å²) in [5.41, 5.74) is 1.78. The summed E-state index contributed by atoms with van der Waals surface area (Å²) in [5, 5.41) is 12.1. The number of nitrogens with one attached hydrogen (secondary N) is 1. The Morgan fingerprint density at radius 3 is 3.00 bits per heavy atom. The highest BCUT2D eigenvalue weighted by molar-refractivity contribution is 5.28. The van der Waals surface area contributed by atoms with Crippen molar-refractivity contribution in [2.75, 3.05) is 0 Å². The van der Waals surface area contributed by atoms with E-state index in [0.717, 1.165) is 17.9 Å². The van der Waals surface area contributed by atoms with Crippen LogP contribution in [0.2, 0.25) is 0 Å². The molecule has 0 aliphatic carbocycles. The molecule has 82 valence electrons. The van der Waals surface area contributed by atoms with E-state index in [1.807, 2.05) is 36.0 Å². The van der Waals surface area contributed by atoms with Gasteiger partial charge in [-0.25, -0.2) is 0 Å². The Balaban J connectivity index is 1.88. The summed E-state index contributed by atoms with van der Waals surface area (Å²) in [6.07, 6.45) is 3.61. The summed E-state index contributed by atoms with van der Waals surface area (Å²) in [4.78, 5) is 0. The normalized spacial score (nSPS) is 10.2. The molecule has 0 amide bonds. The molecule has 2 aromatic rings. The molecule has 0 aliphatic heterocycles. The van der Waals surface area contributed by atoms with Gasteiger partial charge in [-0.15, -0.1) is 0 Å². The Morgan fingerprint density at radius 1 is 1.50 bits per heavy atom.